The van der Waals surface area contributed by atoms with Crippen molar-refractivity contribution < 1.29 is 27.1 Å². The van der Waals surface area contributed by atoms with Gasteiger partial charge in [-0.2, -0.15) is 4.31 Å². The van der Waals surface area contributed by atoms with E-state index in [1.54, 1.807) is 20.8 Å². The minimum absolute atomic E-state index is 0.126. The van der Waals surface area contributed by atoms with E-state index in [9.17, 15) is 22.4 Å². The third-order valence-corrected chi connectivity index (χ3v) is 5.37. The lowest BCUT2D eigenvalue weighted by Crippen LogP contribution is -2.42. The highest BCUT2D eigenvalue weighted by Crippen LogP contribution is 2.34. The number of hydrogen-bond donors (Lipinski definition) is 0. The van der Waals surface area contributed by atoms with Crippen LogP contribution < -0.4 is 4.31 Å². The molecular formula is C17H22FNO5S. The second kappa shape index (κ2) is 6.74. The van der Waals surface area contributed by atoms with Crippen molar-refractivity contribution in [2.75, 3.05) is 10.1 Å². The molecule has 0 saturated heterocycles. The van der Waals surface area contributed by atoms with Gasteiger partial charge in [-0.3, -0.25) is 4.79 Å². The zero-order valence-corrected chi connectivity index (χ0v) is 15.6. The summed E-state index contributed by atoms with van der Waals surface area (Å²) in [7, 11) is -4.07. The molecule has 0 radical (unpaired) electrons. The average Bonchev–Trinajstić information content (AvgIpc) is 2.46. The van der Waals surface area contributed by atoms with Crippen molar-refractivity contribution in [1.82, 2.24) is 0 Å². The molecule has 1 aliphatic carbocycles. The fourth-order valence-electron chi connectivity index (χ4n) is 2.67. The van der Waals surface area contributed by atoms with Crippen molar-refractivity contribution in [3.05, 3.63) is 29.1 Å². The van der Waals surface area contributed by atoms with Crippen molar-refractivity contribution in [1.29, 1.82) is 0 Å². The molecule has 6 nitrogen and oxygen atoms in total. The third-order valence-electron chi connectivity index (χ3n) is 3.74. The number of fused-ring (bicyclic) bond motifs is 1. The van der Waals surface area contributed by atoms with Crippen molar-refractivity contribution >= 4 is 27.6 Å². The molecule has 0 aliphatic heterocycles. The number of nitrogens with zero attached hydrogens (tertiary/aromatic N) is 1. The number of anilines is 1. The Morgan fingerprint density at radius 3 is 2.48 bits per heavy atom. The predicted octanol–water partition coefficient (Wildman–Crippen LogP) is 3.44. The Bertz CT molecular complexity index is 811. The van der Waals surface area contributed by atoms with E-state index in [0.717, 1.165) is 12.1 Å². The Morgan fingerprint density at radius 2 is 1.92 bits per heavy atom. The van der Waals surface area contributed by atoms with Gasteiger partial charge in [0.25, 0.3) is 0 Å². The van der Waals surface area contributed by atoms with Gasteiger partial charge in [0.2, 0.25) is 10.0 Å². The van der Waals surface area contributed by atoms with Crippen molar-refractivity contribution in [3.63, 3.8) is 0 Å². The number of ketones is 1. The minimum atomic E-state index is -4.07. The molecule has 1 aromatic rings. The van der Waals surface area contributed by atoms with E-state index in [0.29, 0.717) is 22.7 Å². The van der Waals surface area contributed by atoms with Crippen molar-refractivity contribution in [2.24, 2.45) is 0 Å². The van der Waals surface area contributed by atoms with Gasteiger partial charge in [-0.25, -0.2) is 17.6 Å². The molecule has 0 unspecified atom stereocenters. The van der Waals surface area contributed by atoms with E-state index in [-0.39, 0.29) is 29.2 Å². The Kier molecular flexibility index (Phi) is 5.22. The molecule has 1 amide bonds. The lowest BCUT2D eigenvalue weighted by molar-refractivity contribution is 0.0608. The van der Waals surface area contributed by atoms with Crippen LogP contribution in [-0.4, -0.2) is 31.6 Å². The number of ether oxygens (including phenoxy) is 1. The summed E-state index contributed by atoms with van der Waals surface area (Å²) in [6.45, 7) is 6.19. The van der Waals surface area contributed by atoms with Gasteiger partial charge in [-0.1, -0.05) is 0 Å². The van der Waals surface area contributed by atoms with Crippen LogP contribution in [0.1, 0.15) is 56.5 Å². The van der Waals surface area contributed by atoms with Crippen LogP contribution in [0.3, 0.4) is 0 Å². The van der Waals surface area contributed by atoms with Gasteiger partial charge in [0, 0.05) is 12.0 Å². The third kappa shape index (κ3) is 4.18. The molecule has 0 aromatic heterocycles. The molecule has 2 rings (SSSR count). The molecule has 0 fully saturated rings. The maximum atomic E-state index is 14.1. The average molecular weight is 371 g/mol. The fourth-order valence-corrected chi connectivity index (χ4v) is 3.65. The number of rotatable bonds is 3. The number of benzene rings is 1. The van der Waals surface area contributed by atoms with Crippen LogP contribution in [-0.2, 0) is 21.2 Å². The van der Waals surface area contributed by atoms with Gasteiger partial charge in [0.1, 0.15) is 11.4 Å². The van der Waals surface area contributed by atoms with Gasteiger partial charge in [0.15, 0.2) is 5.78 Å². The summed E-state index contributed by atoms with van der Waals surface area (Å²) in [5, 5.41) is 0. The lowest BCUT2D eigenvalue weighted by Gasteiger charge is -2.29. The van der Waals surface area contributed by atoms with Gasteiger partial charge in [0.05, 0.1) is 11.4 Å². The molecule has 25 heavy (non-hydrogen) atoms. The largest absolute Gasteiger partial charge is 0.443 e. The summed E-state index contributed by atoms with van der Waals surface area (Å²) in [5.41, 5.74) is -0.581. The van der Waals surface area contributed by atoms with Crippen LogP contribution in [0.5, 0.6) is 0 Å². The number of sulfonamides is 1. The van der Waals surface area contributed by atoms with Crippen LogP contribution in [0, 0.1) is 5.82 Å². The molecule has 138 valence electrons. The van der Waals surface area contributed by atoms with Crippen LogP contribution in [0.15, 0.2) is 12.1 Å². The highest BCUT2D eigenvalue weighted by atomic mass is 32.2. The molecular weight excluding hydrogens is 349 g/mol. The van der Waals surface area contributed by atoms with Gasteiger partial charge >= 0.3 is 6.09 Å². The van der Waals surface area contributed by atoms with Gasteiger partial charge in [-0.15, -0.1) is 0 Å². The monoisotopic (exact) mass is 371 g/mol. The summed E-state index contributed by atoms with van der Waals surface area (Å²) >= 11 is 0. The van der Waals surface area contributed by atoms with E-state index >= 15 is 0 Å². The Balaban J connectivity index is 2.67. The van der Waals surface area contributed by atoms with E-state index in [2.05, 4.69) is 0 Å². The first-order valence-corrected chi connectivity index (χ1v) is 9.69. The zero-order chi connectivity index (χ0) is 19.0. The second-order valence-corrected chi connectivity index (χ2v) is 8.98. The molecule has 0 spiro atoms. The maximum Gasteiger partial charge on any atom is 0.428 e. The molecule has 1 aliphatic rings. The van der Waals surface area contributed by atoms with Crippen LogP contribution in [0.2, 0.25) is 0 Å². The van der Waals surface area contributed by atoms with E-state index in [1.165, 1.54) is 6.92 Å². The van der Waals surface area contributed by atoms with Crippen LogP contribution >= 0.6 is 0 Å². The van der Waals surface area contributed by atoms with Gasteiger partial charge in [-0.05, 0) is 58.2 Å². The zero-order valence-electron chi connectivity index (χ0n) is 14.8. The highest BCUT2D eigenvalue weighted by Gasteiger charge is 2.36. The smallest absolute Gasteiger partial charge is 0.428 e. The number of halogens is 1. The SMILES string of the molecule is CCS(=O)(=O)N(C(=O)OC(C)(C)C)c1cc(F)cc2c1CCCC2=O. The first-order valence-electron chi connectivity index (χ1n) is 8.08. The molecule has 0 bridgehead atoms. The number of amides is 1. The highest BCUT2D eigenvalue weighted by molar-refractivity contribution is 7.93. The molecule has 1 aromatic carbocycles. The quantitative estimate of drug-likeness (QED) is 0.813. The van der Waals surface area contributed by atoms with E-state index in [4.69, 9.17) is 4.74 Å². The Hall–Kier alpha value is -1.96. The molecule has 8 heteroatoms. The summed E-state index contributed by atoms with van der Waals surface area (Å²) in [4.78, 5) is 24.6. The molecule has 0 N–H and O–H groups in total. The molecule has 0 saturated carbocycles. The first-order chi connectivity index (χ1) is 11.5. The molecule has 0 heterocycles. The number of Topliss-reactive ketones (excluding diaryl/α,β-unsaturated/α-hetero) is 1. The number of carbonyl (C=O) groups excluding carboxylic acids is 2. The van der Waals surface area contributed by atoms with E-state index in [1.807, 2.05) is 0 Å². The Morgan fingerprint density at radius 1 is 1.28 bits per heavy atom. The molecule has 0 atom stereocenters. The summed E-state index contributed by atoms with van der Waals surface area (Å²) < 4.78 is 44.8. The topological polar surface area (TPSA) is 80.8 Å². The standard InChI is InChI=1S/C17H22FNO5S/c1-5-25(22,23)19(16(21)24-17(2,3)4)14-10-11(18)9-13-12(14)7-6-8-15(13)20/h9-10H,5-8H2,1-4H3. The normalized spacial score (nSPS) is 14.8. The number of hydrogen-bond acceptors (Lipinski definition) is 5. The van der Waals surface area contributed by atoms with Crippen molar-refractivity contribution in [3.8, 4) is 0 Å². The van der Waals surface area contributed by atoms with E-state index < -0.39 is 27.5 Å². The number of carbonyl (C=O) groups is 2. The summed E-state index contributed by atoms with van der Waals surface area (Å²) in [5.74, 6) is -1.41. The van der Waals surface area contributed by atoms with Gasteiger partial charge < -0.3 is 4.74 Å². The van der Waals surface area contributed by atoms with Crippen LogP contribution in [0.25, 0.3) is 0 Å². The maximum absolute atomic E-state index is 14.1. The summed E-state index contributed by atoms with van der Waals surface area (Å²) in [6.07, 6.45) is 0.0526. The second-order valence-electron chi connectivity index (χ2n) is 6.87. The van der Waals surface area contributed by atoms with Crippen LogP contribution in [0.4, 0.5) is 14.9 Å². The first kappa shape index (κ1) is 19.4. The fraction of sp³-hybridized carbons (Fsp3) is 0.529. The predicted molar refractivity (Wildman–Crippen MR) is 91.8 cm³/mol. The lowest BCUT2D eigenvalue weighted by atomic mass is 9.89. The minimum Gasteiger partial charge on any atom is -0.443 e. The summed E-state index contributed by atoms with van der Waals surface area (Å²) in [6, 6.07) is 2.06. The van der Waals surface area contributed by atoms with Crippen molar-refractivity contribution in [2.45, 2.75) is 52.6 Å². The Labute approximate surface area is 147 Å².